The molecular weight excluding hydrogens is 292 g/mol. The second kappa shape index (κ2) is 5.65. The minimum Gasteiger partial charge on any atom is -0.479 e. The lowest BCUT2D eigenvalue weighted by Gasteiger charge is -2.37. The van der Waals surface area contributed by atoms with Crippen LogP contribution in [0, 0.1) is 0 Å². The van der Waals surface area contributed by atoms with Crippen LogP contribution < -0.4 is 16.1 Å². The SMILES string of the molecule is O=C(O)[C@H]1OC(On2ccc(=O)[nH]c2=O)[C@H](O)[C@@H](O)[C@@H]1O. The molecule has 11 heteroatoms. The van der Waals surface area contributed by atoms with Gasteiger partial charge in [0.05, 0.1) is 6.20 Å². The van der Waals surface area contributed by atoms with E-state index in [-0.39, 0.29) is 0 Å². The molecule has 1 unspecified atom stereocenters. The van der Waals surface area contributed by atoms with Crippen LogP contribution in [0.1, 0.15) is 0 Å². The standard InChI is InChI=1S/C10H12N2O9/c13-3-1-2-12(10(19)11-3)21-9-6(16)4(14)5(15)7(20-9)8(17)18/h1-2,4-7,9,14-16H,(H,17,18)(H,11,13,19)/t4-,5-,6+,7-,9?/m0/s1. The Morgan fingerprint density at radius 3 is 2.48 bits per heavy atom. The van der Waals surface area contributed by atoms with Crippen LogP contribution in [0.25, 0.3) is 0 Å². The average Bonchev–Trinajstić information content (AvgIpc) is 2.41. The van der Waals surface area contributed by atoms with Crippen LogP contribution in [-0.2, 0) is 9.53 Å². The van der Waals surface area contributed by atoms with Crippen LogP contribution in [-0.4, -0.2) is 66.8 Å². The first-order chi connectivity index (χ1) is 9.81. The van der Waals surface area contributed by atoms with Gasteiger partial charge in [0, 0.05) is 6.07 Å². The highest BCUT2D eigenvalue weighted by Crippen LogP contribution is 2.20. The van der Waals surface area contributed by atoms with E-state index in [9.17, 15) is 29.7 Å². The van der Waals surface area contributed by atoms with Crippen molar-refractivity contribution in [2.24, 2.45) is 0 Å². The Labute approximate surface area is 115 Å². The van der Waals surface area contributed by atoms with Gasteiger partial charge in [0.15, 0.2) is 6.10 Å². The summed E-state index contributed by atoms with van der Waals surface area (Å²) in [5.41, 5.74) is -1.69. The van der Waals surface area contributed by atoms with Gasteiger partial charge in [0.25, 0.3) is 11.8 Å². The fourth-order valence-corrected chi connectivity index (χ4v) is 1.74. The monoisotopic (exact) mass is 304 g/mol. The van der Waals surface area contributed by atoms with Gasteiger partial charge >= 0.3 is 11.7 Å². The van der Waals surface area contributed by atoms with Crippen LogP contribution in [0.4, 0.5) is 0 Å². The molecule has 0 aliphatic carbocycles. The van der Waals surface area contributed by atoms with E-state index in [1.165, 1.54) is 0 Å². The minimum absolute atomic E-state index is 0.485. The van der Waals surface area contributed by atoms with Gasteiger partial charge in [-0.15, -0.1) is 4.73 Å². The minimum atomic E-state index is -1.87. The number of nitrogens with zero attached hydrogens (tertiary/aromatic N) is 1. The quantitative estimate of drug-likeness (QED) is 0.371. The topological polar surface area (TPSA) is 171 Å². The number of carboxylic acid groups (broad SMARTS) is 1. The Bertz CT molecular complexity index is 638. The maximum Gasteiger partial charge on any atom is 0.361 e. The molecule has 5 N–H and O–H groups in total. The third-order valence-electron chi connectivity index (χ3n) is 2.82. The van der Waals surface area contributed by atoms with Gasteiger partial charge in [-0.2, -0.15) is 0 Å². The zero-order chi connectivity index (χ0) is 15.7. The zero-order valence-electron chi connectivity index (χ0n) is 10.3. The van der Waals surface area contributed by atoms with E-state index in [1.54, 1.807) is 0 Å². The Balaban J connectivity index is 2.24. The molecule has 11 nitrogen and oxygen atoms in total. The maximum atomic E-state index is 11.4. The van der Waals surface area contributed by atoms with Gasteiger partial charge in [-0.25, -0.2) is 9.59 Å². The molecule has 0 radical (unpaired) electrons. The van der Waals surface area contributed by atoms with E-state index < -0.39 is 47.9 Å². The van der Waals surface area contributed by atoms with Crippen LogP contribution in [0.2, 0.25) is 0 Å². The summed E-state index contributed by atoms with van der Waals surface area (Å²) >= 11 is 0. The molecule has 1 saturated heterocycles. The third-order valence-corrected chi connectivity index (χ3v) is 2.82. The van der Waals surface area contributed by atoms with Crippen molar-refractivity contribution in [2.45, 2.75) is 30.7 Å². The molecule has 21 heavy (non-hydrogen) atoms. The molecule has 2 heterocycles. The number of hydrogen-bond donors (Lipinski definition) is 5. The van der Waals surface area contributed by atoms with Gasteiger partial charge in [-0.1, -0.05) is 0 Å². The van der Waals surface area contributed by atoms with Gasteiger partial charge in [0.1, 0.15) is 18.3 Å². The summed E-state index contributed by atoms with van der Waals surface area (Å²) in [6.45, 7) is 0. The van der Waals surface area contributed by atoms with Crippen LogP contribution in [0.15, 0.2) is 21.9 Å². The number of aliphatic hydroxyl groups excluding tert-OH is 3. The van der Waals surface area contributed by atoms with Crippen molar-refractivity contribution in [3.05, 3.63) is 33.1 Å². The van der Waals surface area contributed by atoms with Crippen molar-refractivity contribution in [1.82, 2.24) is 9.71 Å². The number of nitrogens with one attached hydrogen (secondary N) is 1. The van der Waals surface area contributed by atoms with Crippen molar-refractivity contribution < 1.29 is 34.8 Å². The molecule has 1 aliphatic heterocycles. The molecule has 1 fully saturated rings. The highest BCUT2D eigenvalue weighted by Gasteiger charge is 2.48. The van der Waals surface area contributed by atoms with E-state index in [2.05, 4.69) is 0 Å². The highest BCUT2D eigenvalue weighted by molar-refractivity contribution is 5.73. The first kappa shape index (κ1) is 15.2. The molecule has 1 aromatic rings. The average molecular weight is 304 g/mol. The molecule has 0 bridgehead atoms. The van der Waals surface area contributed by atoms with Crippen molar-refractivity contribution in [3.8, 4) is 0 Å². The second-order valence-corrected chi connectivity index (χ2v) is 4.28. The first-order valence-corrected chi connectivity index (χ1v) is 5.73. The van der Waals surface area contributed by atoms with Crippen LogP contribution in [0.3, 0.4) is 0 Å². The summed E-state index contributed by atoms with van der Waals surface area (Å²) in [6, 6.07) is 0.941. The van der Waals surface area contributed by atoms with Gasteiger partial charge in [0.2, 0.25) is 0 Å². The molecule has 5 atom stereocenters. The summed E-state index contributed by atoms with van der Waals surface area (Å²) in [5, 5.41) is 37.5. The van der Waals surface area contributed by atoms with E-state index >= 15 is 0 Å². The molecule has 1 aliphatic rings. The predicted octanol–water partition coefficient (Wildman–Crippen LogP) is -4.14. The number of carboxylic acids is 1. The number of aliphatic hydroxyl groups is 3. The number of carbonyl (C=O) groups is 1. The number of aliphatic carboxylic acids is 1. The molecule has 116 valence electrons. The summed E-state index contributed by atoms with van der Waals surface area (Å²) in [4.78, 5) is 39.9. The normalized spacial score (nSPS) is 32.6. The number of hydrogen-bond acceptors (Lipinski definition) is 8. The first-order valence-electron chi connectivity index (χ1n) is 5.73. The molecule has 0 amide bonds. The number of H-pyrrole nitrogens is 1. The van der Waals surface area contributed by atoms with E-state index in [0.29, 0.717) is 4.73 Å². The zero-order valence-corrected chi connectivity index (χ0v) is 10.3. The fraction of sp³-hybridized carbons (Fsp3) is 0.500. The van der Waals surface area contributed by atoms with Crippen LogP contribution >= 0.6 is 0 Å². The van der Waals surface area contributed by atoms with Crippen molar-refractivity contribution in [1.29, 1.82) is 0 Å². The number of rotatable bonds is 3. The Hall–Kier alpha value is -2.21. The van der Waals surface area contributed by atoms with Crippen molar-refractivity contribution >= 4 is 5.97 Å². The molecular formula is C10H12N2O9. The number of aromatic nitrogens is 2. The van der Waals surface area contributed by atoms with E-state index in [4.69, 9.17) is 14.7 Å². The second-order valence-electron chi connectivity index (χ2n) is 4.28. The summed E-state index contributed by atoms with van der Waals surface area (Å²) in [7, 11) is 0. The number of ether oxygens (including phenoxy) is 1. The van der Waals surface area contributed by atoms with Crippen LogP contribution in [0.5, 0.6) is 0 Å². The highest BCUT2D eigenvalue weighted by atomic mass is 16.8. The molecule has 1 aromatic heterocycles. The lowest BCUT2D eigenvalue weighted by atomic mass is 9.99. The summed E-state index contributed by atoms with van der Waals surface area (Å²) in [6.07, 6.45) is -8.22. The largest absolute Gasteiger partial charge is 0.479 e. The number of aromatic amines is 1. The van der Waals surface area contributed by atoms with Crippen molar-refractivity contribution in [2.75, 3.05) is 0 Å². The van der Waals surface area contributed by atoms with E-state index in [0.717, 1.165) is 12.3 Å². The van der Waals surface area contributed by atoms with Gasteiger partial charge in [-0.05, 0) is 0 Å². The Morgan fingerprint density at radius 2 is 1.90 bits per heavy atom. The van der Waals surface area contributed by atoms with Gasteiger partial charge < -0.3 is 30.0 Å². The smallest absolute Gasteiger partial charge is 0.361 e. The molecule has 2 rings (SSSR count). The Kier molecular flexibility index (Phi) is 4.09. The van der Waals surface area contributed by atoms with E-state index in [1.807, 2.05) is 4.98 Å². The molecule has 0 spiro atoms. The Morgan fingerprint density at radius 1 is 1.24 bits per heavy atom. The lowest BCUT2D eigenvalue weighted by Crippen LogP contribution is -2.62. The fourth-order valence-electron chi connectivity index (χ4n) is 1.74. The molecule has 0 saturated carbocycles. The van der Waals surface area contributed by atoms with Gasteiger partial charge in [-0.3, -0.25) is 9.78 Å². The predicted molar refractivity (Wildman–Crippen MR) is 62.2 cm³/mol. The third kappa shape index (κ3) is 2.95. The lowest BCUT2D eigenvalue weighted by molar-refractivity contribution is -0.294. The maximum absolute atomic E-state index is 11.4. The summed E-state index contributed by atoms with van der Waals surface area (Å²) in [5.74, 6) is -1.59. The van der Waals surface area contributed by atoms with Crippen molar-refractivity contribution in [3.63, 3.8) is 0 Å². The molecule has 0 aromatic carbocycles. The summed E-state index contributed by atoms with van der Waals surface area (Å²) < 4.78 is 5.28.